The third-order valence-corrected chi connectivity index (χ3v) is 3.03. The fourth-order valence-electron chi connectivity index (χ4n) is 1.79. The Labute approximate surface area is 117 Å². The van der Waals surface area contributed by atoms with Crippen molar-refractivity contribution in [2.75, 3.05) is 7.05 Å². The minimum atomic E-state index is -0.277. The average Bonchev–Trinajstić information content (AvgIpc) is 2.36. The molecule has 0 heterocycles. The van der Waals surface area contributed by atoms with Gasteiger partial charge in [0.2, 0.25) is 0 Å². The molecular weight excluding hydrogens is 265 g/mol. The lowest BCUT2D eigenvalue weighted by Gasteiger charge is -2.11. The van der Waals surface area contributed by atoms with E-state index in [2.05, 4.69) is 5.32 Å². The van der Waals surface area contributed by atoms with Crippen molar-refractivity contribution in [3.8, 4) is 11.5 Å². The zero-order valence-corrected chi connectivity index (χ0v) is 11.6. The zero-order chi connectivity index (χ0) is 13.8. The first kappa shape index (κ1) is 13.8. The van der Waals surface area contributed by atoms with Crippen LogP contribution in [0.5, 0.6) is 11.5 Å². The van der Waals surface area contributed by atoms with Gasteiger partial charge in [-0.15, -0.1) is 0 Å². The van der Waals surface area contributed by atoms with E-state index in [1.807, 2.05) is 25.2 Å². The molecule has 0 spiro atoms. The van der Waals surface area contributed by atoms with Crippen molar-refractivity contribution < 1.29 is 9.13 Å². The van der Waals surface area contributed by atoms with Crippen molar-refractivity contribution in [2.45, 2.75) is 13.5 Å². The highest BCUT2D eigenvalue weighted by atomic mass is 35.5. The van der Waals surface area contributed by atoms with Crippen molar-refractivity contribution in [2.24, 2.45) is 0 Å². The molecule has 19 heavy (non-hydrogen) atoms. The molecule has 2 aromatic carbocycles. The zero-order valence-electron chi connectivity index (χ0n) is 10.8. The maximum absolute atomic E-state index is 13.0. The van der Waals surface area contributed by atoms with E-state index in [4.69, 9.17) is 16.3 Å². The molecule has 0 aliphatic carbocycles. The highest BCUT2D eigenvalue weighted by molar-refractivity contribution is 6.32. The van der Waals surface area contributed by atoms with Gasteiger partial charge in [-0.25, -0.2) is 4.39 Å². The first-order valence-corrected chi connectivity index (χ1v) is 6.35. The Morgan fingerprint density at radius 1 is 1.16 bits per heavy atom. The Bertz CT molecular complexity index is 586. The monoisotopic (exact) mass is 279 g/mol. The number of halogens is 2. The number of aryl methyl sites for hydroxylation is 1. The highest BCUT2D eigenvalue weighted by Gasteiger charge is 2.07. The summed E-state index contributed by atoms with van der Waals surface area (Å²) in [5.74, 6) is 0.890. The van der Waals surface area contributed by atoms with E-state index in [9.17, 15) is 4.39 Å². The maximum Gasteiger partial charge on any atom is 0.146 e. The highest BCUT2D eigenvalue weighted by Crippen LogP contribution is 2.31. The van der Waals surface area contributed by atoms with Crippen molar-refractivity contribution in [3.63, 3.8) is 0 Å². The molecule has 2 aromatic rings. The number of ether oxygens (including phenoxy) is 1. The van der Waals surface area contributed by atoms with E-state index in [0.717, 1.165) is 17.7 Å². The van der Waals surface area contributed by atoms with Gasteiger partial charge in [0, 0.05) is 6.54 Å². The lowest BCUT2D eigenvalue weighted by molar-refractivity contribution is 0.476. The van der Waals surface area contributed by atoms with Gasteiger partial charge in [-0.1, -0.05) is 17.7 Å². The number of rotatable bonds is 4. The van der Waals surface area contributed by atoms with Crippen LogP contribution in [0.15, 0.2) is 36.4 Å². The maximum atomic E-state index is 13.0. The van der Waals surface area contributed by atoms with Crippen LogP contribution in [0.1, 0.15) is 11.1 Å². The molecule has 0 saturated heterocycles. The third kappa shape index (κ3) is 3.46. The molecule has 4 heteroatoms. The van der Waals surface area contributed by atoms with E-state index in [1.165, 1.54) is 12.1 Å². The van der Waals surface area contributed by atoms with Gasteiger partial charge < -0.3 is 10.1 Å². The predicted octanol–water partition coefficient (Wildman–Crippen LogP) is 4.30. The molecule has 0 radical (unpaired) electrons. The van der Waals surface area contributed by atoms with Gasteiger partial charge >= 0.3 is 0 Å². The molecule has 0 fully saturated rings. The quantitative estimate of drug-likeness (QED) is 0.901. The molecule has 0 amide bonds. The summed E-state index contributed by atoms with van der Waals surface area (Å²) in [5, 5.41) is 3.59. The standard InChI is InChI=1S/C15H15ClFNO/c1-10-7-12(17)4-6-14(10)19-15-5-3-11(9-18-2)8-13(15)16/h3-8,18H,9H2,1-2H3. The van der Waals surface area contributed by atoms with Gasteiger partial charge in [0.05, 0.1) is 5.02 Å². The number of benzene rings is 2. The predicted molar refractivity (Wildman–Crippen MR) is 75.4 cm³/mol. The van der Waals surface area contributed by atoms with Crippen LogP contribution in [0, 0.1) is 12.7 Å². The molecule has 2 rings (SSSR count). The van der Waals surface area contributed by atoms with Gasteiger partial charge in [-0.3, -0.25) is 0 Å². The molecule has 1 N–H and O–H groups in total. The average molecular weight is 280 g/mol. The topological polar surface area (TPSA) is 21.3 Å². The third-order valence-electron chi connectivity index (χ3n) is 2.73. The summed E-state index contributed by atoms with van der Waals surface area (Å²) < 4.78 is 18.7. The number of hydrogen-bond acceptors (Lipinski definition) is 2. The van der Waals surface area contributed by atoms with Gasteiger partial charge in [-0.05, 0) is 55.4 Å². The fraction of sp³-hybridized carbons (Fsp3) is 0.200. The van der Waals surface area contributed by atoms with Crippen molar-refractivity contribution in [1.29, 1.82) is 0 Å². The summed E-state index contributed by atoms with van der Waals surface area (Å²) in [7, 11) is 1.88. The second-order valence-electron chi connectivity index (χ2n) is 4.31. The van der Waals surface area contributed by atoms with Crippen molar-refractivity contribution in [1.82, 2.24) is 5.32 Å². The van der Waals surface area contributed by atoms with Crippen LogP contribution in [-0.4, -0.2) is 7.05 Å². The molecule has 0 bridgehead atoms. The Balaban J connectivity index is 2.23. The molecule has 0 saturated carbocycles. The molecule has 100 valence electrons. The largest absolute Gasteiger partial charge is 0.456 e. The lowest BCUT2D eigenvalue weighted by Crippen LogP contribution is -2.04. The summed E-state index contributed by atoms with van der Waals surface area (Å²) in [4.78, 5) is 0. The molecule has 0 unspecified atom stereocenters. The Morgan fingerprint density at radius 3 is 2.53 bits per heavy atom. The molecular formula is C15H15ClFNO. The van der Waals surface area contributed by atoms with Crippen molar-refractivity contribution >= 4 is 11.6 Å². The second-order valence-corrected chi connectivity index (χ2v) is 4.71. The molecule has 2 nitrogen and oxygen atoms in total. The van der Waals surface area contributed by atoms with E-state index >= 15 is 0 Å². The minimum Gasteiger partial charge on any atom is -0.456 e. The van der Waals surface area contributed by atoms with Gasteiger partial charge in [0.25, 0.3) is 0 Å². The normalized spacial score (nSPS) is 10.5. The smallest absolute Gasteiger partial charge is 0.146 e. The summed E-state index contributed by atoms with van der Waals surface area (Å²) >= 11 is 6.17. The number of hydrogen-bond donors (Lipinski definition) is 1. The van der Waals surface area contributed by atoms with E-state index < -0.39 is 0 Å². The van der Waals surface area contributed by atoms with Gasteiger partial charge in [-0.2, -0.15) is 0 Å². The van der Waals surface area contributed by atoms with E-state index in [-0.39, 0.29) is 5.82 Å². The van der Waals surface area contributed by atoms with Gasteiger partial charge in [0.15, 0.2) is 0 Å². The Hall–Kier alpha value is -1.58. The first-order chi connectivity index (χ1) is 9.10. The molecule has 0 aromatic heterocycles. The van der Waals surface area contributed by atoms with Crippen LogP contribution in [0.2, 0.25) is 5.02 Å². The van der Waals surface area contributed by atoms with Gasteiger partial charge in [0.1, 0.15) is 17.3 Å². The summed E-state index contributed by atoms with van der Waals surface area (Å²) in [6.07, 6.45) is 0. The molecule has 0 atom stereocenters. The fourth-order valence-corrected chi connectivity index (χ4v) is 2.03. The molecule has 0 aliphatic rings. The van der Waals surface area contributed by atoms with E-state index in [1.54, 1.807) is 13.0 Å². The Morgan fingerprint density at radius 2 is 1.89 bits per heavy atom. The minimum absolute atomic E-state index is 0.277. The Kier molecular flexibility index (Phi) is 4.40. The second kappa shape index (κ2) is 6.04. The lowest BCUT2D eigenvalue weighted by atomic mass is 10.2. The number of nitrogens with one attached hydrogen (secondary N) is 1. The van der Waals surface area contributed by atoms with E-state index in [0.29, 0.717) is 16.5 Å². The van der Waals surface area contributed by atoms with Crippen molar-refractivity contribution in [3.05, 3.63) is 58.4 Å². The van der Waals surface area contributed by atoms with Crippen LogP contribution < -0.4 is 10.1 Å². The summed E-state index contributed by atoms with van der Waals surface area (Å²) in [6, 6.07) is 10.0. The first-order valence-electron chi connectivity index (χ1n) is 5.97. The summed E-state index contributed by atoms with van der Waals surface area (Å²) in [5.41, 5.74) is 1.81. The van der Waals surface area contributed by atoms with Crippen LogP contribution in [-0.2, 0) is 6.54 Å². The molecule has 0 aliphatic heterocycles. The summed E-state index contributed by atoms with van der Waals surface area (Å²) in [6.45, 7) is 2.54. The van der Waals surface area contributed by atoms with Crippen LogP contribution in [0.4, 0.5) is 4.39 Å². The SMILES string of the molecule is CNCc1ccc(Oc2ccc(F)cc2C)c(Cl)c1. The van der Waals surface area contributed by atoms with Crippen LogP contribution >= 0.6 is 11.6 Å². The van der Waals surface area contributed by atoms with Crippen LogP contribution in [0.25, 0.3) is 0 Å². The van der Waals surface area contributed by atoms with Crippen LogP contribution in [0.3, 0.4) is 0 Å².